The van der Waals surface area contributed by atoms with Gasteiger partial charge in [0.1, 0.15) is 0 Å². The minimum absolute atomic E-state index is 0.227. The second-order valence-corrected chi connectivity index (χ2v) is 5.70. The number of pyridine rings is 1. The van der Waals surface area contributed by atoms with Gasteiger partial charge in [-0.25, -0.2) is 0 Å². The Bertz CT molecular complexity index is 524. The number of aryl methyl sites for hydroxylation is 1. The first-order valence-corrected chi connectivity index (χ1v) is 6.87. The second kappa shape index (κ2) is 4.40. The van der Waals surface area contributed by atoms with Gasteiger partial charge in [0.15, 0.2) is 0 Å². The van der Waals surface area contributed by atoms with Crippen molar-refractivity contribution in [3.8, 4) is 0 Å². The van der Waals surface area contributed by atoms with E-state index in [-0.39, 0.29) is 11.8 Å². The lowest BCUT2D eigenvalue weighted by Gasteiger charge is -2.17. The summed E-state index contributed by atoms with van der Waals surface area (Å²) in [5, 5.41) is 0. The number of nitrogens with zero attached hydrogens (tertiary/aromatic N) is 2. The highest BCUT2D eigenvalue weighted by molar-refractivity contribution is 5.81. The standard InChI is InChI=1S/C14H20N4O/c1-8-6-17-13(12(16)11(8)15)10-4-5-18(7-10)14(19)9-2-3-9/h6,9-10H,2-5,7,16H2,1H3,(H2,15,17). The van der Waals surface area contributed by atoms with Crippen LogP contribution in [-0.2, 0) is 4.79 Å². The van der Waals surface area contributed by atoms with Crippen molar-refractivity contribution in [2.24, 2.45) is 5.92 Å². The van der Waals surface area contributed by atoms with E-state index in [1.165, 1.54) is 0 Å². The molecule has 2 heterocycles. The van der Waals surface area contributed by atoms with E-state index in [1.807, 2.05) is 11.8 Å². The summed E-state index contributed by atoms with van der Waals surface area (Å²) in [5.41, 5.74) is 15.0. The number of likely N-dealkylation sites (tertiary alicyclic amines) is 1. The van der Waals surface area contributed by atoms with Gasteiger partial charge in [-0.1, -0.05) is 0 Å². The number of carbonyl (C=O) groups excluding carboxylic acids is 1. The summed E-state index contributed by atoms with van der Waals surface area (Å²) in [6, 6.07) is 0. The molecule has 3 rings (SSSR count). The van der Waals surface area contributed by atoms with Gasteiger partial charge in [-0.2, -0.15) is 0 Å². The molecule has 102 valence electrons. The third-order valence-electron chi connectivity index (χ3n) is 4.20. The summed E-state index contributed by atoms with van der Waals surface area (Å²) in [7, 11) is 0. The summed E-state index contributed by atoms with van der Waals surface area (Å²) in [5.74, 6) is 0.818. The van der Waals surface area contributed by atoms with Gasteiger partial charge in [-0.05, 0) is 31.7 Å². The van der Waals surface area contributed by atoms with Crippen LogP contribution in [-0.4, -0.2) is 28.9 Å². The Morgan fingerprint density at radius 2 is 2.05 bits per heavy atom. The molecule has 5 nitrogen and oxygen atoms in total. The molecular formula is C14H20N4O. The molecule has 1 aliphatic heterocycles. The zero-order valence-corrected chi connectivity index (χ0v) is 11.2. The molecule has 1 atom stereocenters. The molecule has 1 unspecified atom stereocenters. The van der Waals surface area contributed by atoms with E-state index in [2.05, 4.69) is 4.98 Å². The maximum atomic E-state index is 12.0. The Morgan fingerprint density at radius 1 is 1.32 bits per heavy atom. The van der Waals surface area contributed by atoms with Crippen molar-refractivity contribution < 1.29 is 4.79 Å². The lowest BCUT2D eigenvalue weighted by molar-refractivity contribution is -0.131. The van der Waals surface area contributed by atoms with E-state index in [0.717, 1.165) is 43.6 Å². The van der Waals surface area contributed by atoms with Crippen molar-refractivity contribution in [3.63, 3.8) is 0 Å². The monoisotopic (exact) mass is 260 g/mol. The van der Waals surface area contributed by atoms with Crippen LogP contribution in [0.4, 0.5) is 11.4 Å². The quantitative estimate of drug-likeness (QED) is 0.838. The van der Waals surface area contributed by atoms with Crippen LogP contribution < -0.4 is 11.5 Å². The Labute approximate surface area is 113 Å². The van der Waals surface area contributed by atoms with Crippen LogP contribution in [0.25, 0.3) is 0 Å². The lowest BCUT2D eigenvalue weighted by Crippen LogP contribution is -2.29. The maximum Gasteiger partial charge on any atom is 0.225 e. The molecular weight excluding hydrogens is 240 g/mol. The zero-order chi connectivity index (χ0) is 13.6. The third kappa shape index (κ3) is 2.13. The molecule has 2 fully saturated rings. The first kappa shape index (κ1) is 12.3. The fraction of sp³-hybridized carbons (Fsp3) is 0.571. The number of anilines is 2. The first-order valence-electron chi connectivity index (χ1n) is 6.87. The number of nitrogens with two attached hydrogens (primary N) is 2. The Kier molecular flexibility index (Phi) is 2.84. The molecule has 1 aromatic heterocycles. The molecule has 1 aliphatic carbocycles. The highest BCUT2D eigenvalue weighted by atomic mass is 16.2. The minimum Gasteiger partial charge on any atom is -0.397 e. The molecule has 19 heavy (non-hydrogen) atoms. The predicted octanol–water partition coefficient (Wildman–Crippen LogP) is 1.28. The lowest BCUT2D eigenvalue weighted by atomic mass is 10.0. The van der Waals surface area contributed by atoms with Crippen molar-refractivity contribution in [1.29, 1.82) is 0 Å². The average Bonchev–Trinajstić information content (AvgIpc) is 3.14. The minimum atomic E-state index is 0.227. The van der Waals surface area contributed by atoms with Gasteiger partial charge >= 0.3 is 0 Å². The number of hydrogen-bond donors (Lipinski definition) is 2. The van der Waals surface area contributed by atoms with Crippen molar-refractivity contribution in [2.45, 2.75) is 32.1 Å². The van der Waals surface area contributed by atoms with Gasteiger partial charge in [-0.15, -0.1) is 0 Å². The number of carbonyl (C=O) groups is 1. The Balaban J connectivity index is 1.77. The molecule has 4 N–H and O–H groups in total. The fourth-order valence-electron chi connectivity index (χ4n) is 2.75. The average molecular weight is 260 g/mol. The SMILES string of the molecule is Cc1cnc(C2CCN(C(=O)C3CC3)C2)c(N)c1N. The van der Waals surface area contributed by atoms with E-state index in [9.17, 15) is 4.79 Å². The molecule has 1 amide bonds. The molecule has 2 aliphatic rings. The van der Waals surface area contributed by atoms with Crippen LogP contribution in [0.5, 0.6) is 0 Å². The van der Waals surface area contributed by atoms with E-state index in [1.54, 1.807) is 6.20 Å². The molecule has 1 saturated carbocycles. The highest BCUT2D eigenvalue weighted by Crippen LogP contribution is 2.37. The normalized spacial score (nSPS) is 22.8. The molecule has 0 bridgehead atoms. The number of hydrogen-bond acceptors (Lipinski definition) is 4. The second-order valence-electron chi connectivity index (χ2n) is 5.70. The maximum absolute atomic E-state index is 12.0. The van der Waals surface area contributed by atoms with Crippen LogP contribution in [0.2, 0.25) is 0 Å². The van der Waals surface area contributed by atoms with Crippen molar-refractivity contribution >= 4 is 17.3 Å². The summed E-state index contributed by atoms with van der Waals surface area (Å²) < 4.78 is 0. The van der Waals surface area contributed by atoms with Gasteiger partial charge in [-0.3, -0.25) is 9.78 Å². The van der Waals surface area contributed by atoms with Crippen LogP contribution in [0, 0.1) is 12.8 Å². The van der Waals surface area contributed by atoms with Gasteiger partial charge in [0, 0.05) is 31.1 Å². The molecule has 0 spiro atoms. The summed E-state index contributed by atoms with van der Waals surface area (Å²) in [6.45, 7) is 3.45. The van der Waals surface area contributed by atoms with Crippen LogP contribution in [0.15, 0.2) is 6.20 Å². The van der Waals surface area contributed by atoms with Crippen LogP contribution >= 0.6 is 0 Å². The van der Waals surface area contributed by atoms with Crippen molar-refractivity contribution in [2.75, 3.05) is 24.6 Å². The number of aromatic nitrogens is 1. The number of nitrogen functional groups attached to an aromatic ring is 2. The highest BCUT2D eigenvalue weighted by Gasteiger charge is 2.37. The van der Waals surface area contributed by atoms with Gasteiger partial charge in [0.25, 0.3) is 0 Å². The Hall–Kier alpha value is -1.78. The zero-order valence-electron chi connectivity index (χ0n) is 11.2. The first-order chi connectivity index (χ1) is 9.08. The predicted molar refractivity (Wildman–Crippen MR) is 74.5 cm³/mol. The number of rotatable bonds is 2. The summed E-state index contributed by atoms with van der Waals surface area (Å²) in [6.07, 6.45) is 4.81. The van der Waals surface area contributed by atoms with Crippen molar-refractivity contribution in [1.82, 2.24) is 9.88 Å². The van der Waals surface area contributed by atoms with Gasteiger partial charge in [0.05, 0.1) is 17.1 Å². The molecule has 1 saturated heterocycles. The van der Waals surface area contributed by atoms with Gasteiger partial charge < -0.3 is 16.4 Å². The smallest absolute Gasteiger partial charge is 0.225 e. The van der Waals surface area contributed by atoms with Gasteiger partial charge in [0.2, 0.25) is 5.91 Å². The van der Waals surface area contributed by atoms with E-state index >= 15 is 0 Å². The number of amides is 1. The van der Waals surface area contributed by atoms with E-state index in [4.69, 9.17) is 11.5 Å². The molecule has 1 aromatic rings. The van der Waals surface area contributed by atoms with E-state index < -0.39 is 0 Å². The third-order valence-corrected chi connectivity index (χ3v) is 4.20. The summed E-state index contributed by atoms with van der Waals surface area (Å²) in [4.78, 5) is 18.4. The fourth-order valence-corrected chi connectivity index (χ4v) is 2.75. The topological polar surface area (TPSA) is 85.2 Å². The van der Waals surface area contributed by atoms with Crippen LogP contribution in [0.3, 0.4) is 0 Å². The molecule has 5 heteroatoms. The largest absolute Gasteiger partial charge is 0.397 e. The molecule has 0 radical (unpaired) electrons. The van der Waals surface area contributed by atoms with E-state index in [0.29, 0.717) is 17.3 Å². The Morgan fingerprint density at radius 3 is 2.74 bits per heavy atom. The van der Waals surface area contributed by atoms with Crippen LogP contribution in [0.1, 0.15) is 36.4 Å². The summed E-state index contributed by atoms with van der Waals surface area (Å²) >= 11 is 0. The van der Waals surface area contributed by atoms with Crippen molar-refractivity contribution in [3.05, 3.63) is 17.5 Å². The molecule has 0 aromatic carbocycles.